The molecular weight excluding hydrogens is 576 g/mol. The van der Waals surface area contributed by atoms with E-state index >= 15 is 0 Å². The Labute approximate surface area is 264 Å². The molecule has 0 radical (unpaired) electrons. The van der Waals surface area contributed by atoms with Crippen LogP contribution in [-0.4, -0.2) is 29.5 Å². The van der Waals surface area contributed by atoms with Gasteiger partial charge in [-0.2, -0.15) is 0 Å². The van der Waals surface area contributed by atoms with Crippen LogP contribution in [0.5, 0.6) is 5.75 Å². The highest BCUT2D eigenvalue weighted by Gasteiger charge is 2.18. The molecule has 2 aromatic carbocycles. The number of benzene rings is 2. The number of halogens is 2. The van der Waals surface area contributed by atoms with Gasteiger partial charge >= 0.3 is 11.9 Å². The van der Waals surface area contributed by atoms with Crippen molar-refractivity contribution >= 4 is 17.8 Å². The first-order valence-corrected chi connectivity index (χ1v) is 15.0. The molecule has 238 valence electrons. The number of carbonyl (C=O) groups excluding carboxylic acids is 2. The Kier molecular flexibility index (Phi) is 17.6. The first-order valence-electron chi connectivity index (χ1n) is 15.0. The van der Waals surface area contributed by atoms with E-state index < -0.39 is 30.1 Å². The number of ether oxygens (including phenoxy) is 1. The molecule has 0 unspecified atom stereocenters. The smallest absolute Gasteiger partial charge is 0.339 e. The van der Waals surface area contributed by atoms with Crippen molar-refractivity contribution in [2.75, 3.05) is 6.54 Å². The number of aromatic carboxylic acids is 1. The Hall–Kier alpha value is -4.85. The fourth-order valence-corrected chi connectivity index (χ4v) is 3.95. The van der Waals surface area contributed by atoms with Crippen LogP contribution in [0.15, 0.2) is 109 Å². The molecule has 0 aliphatic rings. The van der Waals surface area contributed by atoms with Gasteiger partial charge in [0, 0.05) is 18.1 Å². The van der Waals surface area contributed by atoms with Crippen molar-refractivity contribution in [3.63, 3.8) is 0 Å². The van der Waals surface area contributed by atoms with Crippen LogP contribution >= 0.6 is 0 Å². The van der Waals surface area contributed by atoms with Gasteiger partial charge in [-0.15, -0.1) is 0 Å². The van der Waals surface area contributed by atoms with E-state index in [1.807, 2.05) is 12.2 Å². The monoisotopic (exact) mass is 617 g/mol. The summed E-state index contributed by atoms with van der Waals surface area (Å²) in [5.74, 6) is -4.50. The Balaban J connectivity index is 1.63. The lowest BCUT2D eigenvalue weighted by Gasteiger charge is -2.11. The van der Waals surface area contributed by atoms with Crippen molar-refractivity contribution in [3.8, 4) is 16.9 Å². The van der Waals surface area contributed by atoms with E-state index in [9.17, 15) is 28.3 Å². The molecule has 45 heavy (non-hydrogen) atoms. The third-order valence-electron chi connectivity index (χ3n) is 6.24. The summed E-state index contributed by atoms with van der Waals surface area (Å²) < 4.78 is 32.5. The van der Waals surface area contributed by atoms with Crippen LogP contribution in [0.3, 0.4) is 0 Å². The lowest BCUT2D eigenvalue weighted by Crippen LogP contribution is -2.31. The largest absolute Gasteiger partial charge is 0.478 e. The van der Waals surface area contributed by atoms with Crippen LogP contribution in [0.1, 0.15) is 68.6 Å². The highest BCUT2D eigenvalue weighted by molar-refractivity contribution is 5.94. The highest BCUT2D eigenvalue weighted by atomic mass is 19.1. The molecule has 2 rings (SSSR count). The molecule has 6 nitrogen and oxygen atoms in total. The number of amides is 1. The second-order valence-corrected chi connectivity index (χ2v) is 9.84. The Morgan fingerprint density at radius 3 is 1.84 bits per heavy atom. The lowest BCUT2D eigenvalue weighted by atomic mass is 10.0. The zero-order valence-electron chi connectivity index (χ0n) is 25.6. The second kappa shape index (κ2) is 21.8. The van der Waals surface area contributed by atoms with E-state index in [1.165, 1.54) is 18.2 Å². The molecule has 1 amide bonds. The fraction of sp³-hybridized carbons (Fsp3) is 0.270. The number of rotatable bonds is 19. The average Bonchev–Trinajstić information content (AvgIpc) is 3.01. The number of carboxylic acid groups (broad SMARTS) is 1. The summed E-state index contributed by atoms with van der Waals surface area (Å²) in [4.78, 5) is 36.0. The predicted molar refractivity (Wildman–Crippen MR) is 175 cm³/mol. The summed E-state index contributed by atoms with van der Waals surface area (Å²) in [5.41, 5.74) is -0.211. The molecule has 0 saturated carbocycles. The van der Waals surface area contributed by atoms with E-state index in [4.69, 9.17) is 4.74 Å². The van der Waals surface area contributed by atoms with Gasteiger partial charge in [0.15, 0.2) is 0 Å². The standard InChI is InChI=1S/C37H41F2NO5/c1-2-3-4-5-6-7-8-9-10-11-12-13-14-15-16-17-18-19-20-21-35(41)40-28-36(42)45-34-25-22-29(26-32(34)37(43)44)31-24-23-30(38)27-33(31)39/h3-4,6-7,9-10,12-13,15-16,18-19,22-27H,2,5,8,11,14,17,20-21,28H2,1H3,(H,40,41)(H,43,44). The lowest BCUT2D eigenvalue weighted by molar-refractivity contribution is -0.135. The first kappa shape index (κ1) is 36.3. The fourth-order valence-electron chi connectivity index (χ4n) is 3.95. The molecule has 0 bridgehead atoms. The summed E-state index contributed by atoms with van der Waals surface area (Å²) in [6.45, 7) is 1.68. The summed E-state index contributed by atoms with van der Waals surface area (Å²) in [7, 11) is 0. The normalized spacial score (nSPS) is 12.1. The van der Waals surface area contributed by atoms with Crippen LogP contribution in [0.4, 0.5) is 8.78 Å². The Morgan fingerprint density at radius 2 is 1.31 bits per heavy atom. The van der Waals surface area contributed by atoms with E-state index in [0.717, 1.165) is 50.7 Å². The number of nitrogens with one attached hydrogen (secondary N) is 1. The third-order valence-corrected chi connectivity index (χ3v) is 6.24. The highest BCUT2D eigenvalue weighted by Crippen LogP contribution is 2.29. The van der Waals surface area contributed by atoms with Gasteiger partial charge < -0.3 is 15.2 Å². The van der Waals surface area contributed by atoms with E-state index in [0.29, 0.717) is 12.5 Å². The van der Waals surface area contributed by atoms with Crippen molar-refractivity contribution in [1.29, 1.82) is 0 Å². The topological polar surface area (TPSA) is 92.7 Å². The summed E-state index contributed by atoms with van der Waals surface area (Å²) >= 11 is 0. The van der Waals surface area contributed by atoms with Crippen LogP contribution in [-0.2, 0) is 9.59 Å². The van der Waals surface area contributed by atoms with Gasteiger partial charge in [-0.05, 0) is 74.8 Å². The number of hydrogen-bond donors (Lipinski definition) is 2. The molecule has 0 spiro atoms. The minimum Gasteiger partial charge on any atom is -0.478 e. The summed E-state index contributed by atoms with van der Waals surface area (Å²) in [6, 6.07) is 6.63. The van der Waals surface area contributed by atoms with Crippen molar-refractivity contribution in [3.05, 3.63) is 127 Å². The van der Waals surface area contributed by atoms with Gasteiger partial charge in [0.2, 0.25) is 5.91 Å². The first-order chi connectivity index (χ1) is 21.8. The molecule has 2 aromatic rings. The zero-order chi connectivity index (χ0) is 32.7. The minimum absolute atomic E-state index is 0.00375. The maximum Gasteiger partial charge on any atom is 0.339 e. The number of allylic oxidation sites excluding steroid dienone is 12. The molecule has 2 N–H and O–H groups in total. The molecule has 8 heteroatoms. The predicted octanol–water partition coefficient (Wildman–Crippen LogP) is 8.83. The second-order valence-electron chi connectivity index (χ2n) is 9.84. The van der Waals surface area contributed by atoms with E-state index in [1.54, 1.807) is 0 Å². The quantitative estimate of drug-likeness (QED) is 0.0934. The maximum atomic E-state index is 14.1. The molecular formula is C37H41F2NO5. The zero-order valence-corrected chi connectivity index (χ0v) is 25.6. The molecule has 0 aliphatic heterocycles. The van der Waals surface area contributed by atoms with Gasteiger partial charge in [0.1, 0.15) is 29.5 Å². The van der Waals surface area contributed by atoms with Gasteiger partial charge in [0.25, 0.3) is 0 Å². The van der Waals surface area contributed by atoms with Crippen LogP contribution < -0.4 is 10.1 Å². The number of carboxylic acids is 1. The molecule has 0 aromatic heterocycles. The van der Waals surface area contributed by atoms with Gasteiger partial charge in [0.05, 0.1) is 0 Å². The van der Waals surface area contributed by atoms with Crippen LogP contribution in [0, 0.1) is 11.6 Å². The number of esters is 1. The molecule has 0 heterocycles. The number of hydrogen-bond acceptors (Lipinski definition) is 4. The van der Waals surface area contributed by atoms with Crippen molar-refractivity contribution in [2.24, 2.45) is 0 Å². The summed E-state index contributed by atoms with van der Waals surface area (Å²) in [5, 5.41) is 12.0. The number of carbonyl (C=O) groups is 3. The molecule has 0 fully saturated rings. The maximum absolute atomic E-state index is 14.1. The van der Waals surface area contributed by atoms with Crippen molar-refractivity contribution < 1.29 is 33.0 Å². The Morgan fingerprint density at radius 1 is 0.756 bits per heavy atom. The van der Waals surface area contributed by atoms with Crippen molar-refractivity contribution in [2.45, 2.75) is 58.3 Å². The molecule has 0 atom stereocenters. The SMILES string of the molecule is CCC=CCC=CCC=CCC=CCC=CCC=CCCC(=O)NCC(=O)Oc1ccc(-c2ccc(F)cc2F)cc1C(=O)O. The van der Waals surface area contributed by atoms with Crippen LogP contribution in [0.2, 0.25) is 0 Å². The van der Waals surface area contributed by atoms with Gasteiger partial charge in [-0.3, -0.25) is 4.79 Å². The van der Waals surface area contributed by atoms with Gasteiger partial charge in [-0.1, -0.05) is 85.9 Å². The van der Waals surface area contributed by atoms with Crippen LogP contribution in [0.25, 0.3) is 11.1 Å². The average molecular weight is 618 g/mol. The van der Waals surface area contributed by atoms with E-state index in [-0.39, 0.29) is 34.8 Å². The van der Waals surface area contributed by atoms with Crippen molar-refractivity contribution in [1.82, 2.24) is 5.32 Å². The Bertz CT molecular complexity index is 1440. The van der Waals surface area contributed by atoms with E-state index in [2.05, 4.69) is 73.0 Å². The third kappa shape index (κ3) is 15.4. The summed E-state index contributed by atoms with van der Waals surface area (Å²) in [6.07, 6.45) is 31.5. The van der Waals surface area contributed by atoms with Gasteiger partial charge in [-0.25, -0.2) is 18.4 Å². The molecule has 0 aliphatic carbocycles. The minimum atomic E-state index is -1.40. The molecule has 0 saturated heterocycles.